The van der Waals surface area contributed by atoms with Crippen LogP contribution in [0.1, 0.15) is 18.4 Å². The lowest BCUT2D eigenvalue weighted by molar-refractivity contribution is 0.0236. The molecule has 1 aliphatic heterocycles. The van der Waals surface area contributed by atoms with Gasteiger partial charge in [-0.05, 0) is 12.1 Å². The Morgan fingerprint density at radius 2 is 2.29 bits per heavy atom. The molecule has 17 heavy (non-hydrogen) atoms. The van der Waals surface area contributed by atoms with E-state index in [-0.39, 0.29) is 11.9 Å². The monoisotopic (exact) mass is 237 g/mol. The molecule has 3 N–H and O–H groups in total. The van der Waals surface area contributed by atoms with E-state index in [2.05, 4.69) is 10.1 Å². The molecule has 2 heterocycles. The van der Waals surface area contributed by atoms with Crippen molar-refractivity contribution in [3.63, 3.8) is 0 Å². The lowest BCUT2D eigenvalue weighted by atomic mass is 10.1. The summed E-state index contributed by atoms with van der Waals surface area (Å²) in [5.41, 5.74) is 6.06. The van der Waals surface area contributed by atoms with Crippen LogP contribution in [0.25, 0.3) is 0 Å². The van der Waals surface area contributed by atoms with Crippen LogP contribution in [0.2, 0.25) is 0 Å². The highest BCUT2D eigenvalue weighted by atomic mass is 16.5. The average Bonchev–Trinajstić information content (AvgIpc) is 2.40. The summed E-state index contributed by atoms with van der Waals surface area (Å²) < 4.78 is 11.0. The fourth-order valence-electron chi connectivity index (χ4n) is 1.69. The molecular weight excluding hydrogens is 222 g/mol. The number of oxime groups is 1. The molecule has 0 amide bonds. The largest absolute Gasteiger partial charge is 0.474 e. The highest BCUT2D eigenvalue weighted by Gasteiger charge is 2.18. The van der Waals surface area contributed by atoms with E-state index in [1.54, 1.807) is 18.3 Å². The summed E-state index contributed by atoms with van der Waals surface area (Å²) in [6.07, 6.45) is 3.34. The predicted octanol–water partition coefficient (Wildman–Crippen LogP) is 0.734. The van der Waals surface area contributed by atoms with Gasteiger partial charge in [0.2, 0.25) is 5.88 Å². The van der Waals surface area contributed by atoms with Crippen molar-refractivity contribution >= 4 is 5.84 Å². The molecule has 1 aromatic heterocycles. The van der Waals surface area contributed by atoms with Gasteiger partial charge in [0.25, 0.3) is 0 Å². The van der Waals surface area contributed by atoms with E-state index >= 15 is 0 Å². The number of ether oxygens (including phenoxy) is 2. The minimum atomic E-state index is 0.000148. The van der Waals surface area contributed by atoms with Crippen LogP contribution >= 0.6 is 0 Å². The molecule has 6 nitrogen and oxygen atoms in total. The van der Waals surface area contributed by atoms with Crippen molar-refractivity contribution in [2.45, 2.75) is 18.9 Å². The Kier molecular flexibility index (Phi) is 3.77. The zero-order valence-corrected chi connectivity index (χ0v) is 9.37. The highest BCUT2D eigenvalue weighted by Crippen LogP contribution is 2.19. The number of hydrogen-bond donors (Lipinski definition) is 2. The van der Waals surface area contributed by atoms with Gasteiger partial charge < -0.3 is 20.4 Å². The van der Waals surface area contributed by atoms with Gasteiger partial charge in [0.05, 0.1) is 18.8 Å². The maximum atomic E-state index is 8.68. The average molecular weight is 237 g/mol. The first kappa shape index (κ1) is 11.7. The molecule has 6 heteroatoms. The quantitative estimate of drug-likeness (QED) is 0.350. The molecule has 0 spiro atoms. The van der Waals surface area contributed by atoms with Crippen molar-refractivity contribution in [1.29, 1.82) is 0 Å². The number of nitrogens with two attached hydrogens (primary N) is 1. The smallest absolute Gasteiger partial charge is 0.224 e. The molecule has 0 unspecified atom stereocenters. The van der Waals surface area contributed by atoms with Crippen LogP contribution in [0, 0.1) is 0 Å². The fourth-order valence-corrected chi connectivity index (χ4v) is 1.69. The molecule has 2 rings (SSSR count). The van der Waals surface area contributed by atoms with E-state index in [9.17, 15) is 0 Å². The van der Waals surface area contributed by atoms with E-state index in [0.717, 1.165) is 12.8 Å². The van der Waals surface area contributed by atoms with Gasteiger partial charge in [0.15, 0.2) is 5.84 Å². The number of hydrogen-bond acceptors (Lipinski definition) is 5. The first-order chi connectivity index (χ1) is 8.31. The Morgan fingerprint density at radius 1 is 1.53 bits per heavy atom. The molecule has 92 valence electrons. The minimum Gasteiger partial charge on any atom is -0.474 e. The van der Waals surface area contributed by atoms with E-state index in [0.29, 0.717) is 24.7 Å². The Labute approximate surface area is 99.0 Å². The number of nitrogens with zero attached hydrogens (tertiary/aromatic N) is 2. The second kappa shape index (κ2) is 5.49. The maximum Gasteiger partial charge on any atom is 0.224 e. The van der Waals surface area contributed by atoms with Gasteiger partial charge in [-0.1, -0.05) is 5.16 Å². The molecule has 0 aromatic carbocycles. The van der Waals surface area contributed by atoms with Gasteiger partial charge in [-0.15, -0.1) is 0 Å². The Bertz CT molecular complexity index is 403. The van der Waals surface area contributed by atoms with Crippen molar-refractivity contribution in [2.75, 3.05) is 13.2 Å². The second-order valence-electron chi connectivity index (χ2n) is 3.77. The number of rotatable bonds is 3. The summed E-state index contributed by atoms with van der Waals surface area (Å²) in [5, 5.41) is 11.6. The van der Waals surface area contributed by atoms with Gasteiger partial charge >= 0.3 is 0 Å². The Balaban J connectivity index is 2.14. The number of aromatic nitrogens is 1. The lowest BCUT2D eigenvalue weighted by Crippen LogP contribution is -2.27. The van der Waals surface area contributed by atoms with Crippen molar-refractivity contribution < 1.29 is 14.7 Å². The second-order valence-corrected chi connectivity index (χ2v) is 3.77. The molecule has 1 fully saturated rings. The Hall–Kier alpha value is -1.82. The zero-order valence-electron chi connectivity index (χ0n) is 9.37. The van der Waals surface area contributed by atoms with Gasteiger partial charge in [0, 0.05) is 19.0 Å². The summed E-state index contributed by atoms with van der Waals surface area (Å²) in [7, 11) is 0. The minimum absolute atomic E-state index is 0.000148. The molecule has 1 saturated heterocycles. The lowest BCUT2D eigenvalue weighted by Gasteiger charge is -2.23. The third-order valence-corrected chi connectivity index (χ3v) is 2.60. The van der Waals surface area contributed by atoms with Crippen molar-refractivity contribution in [3.8, 4) is 5.88 Å². The molecule has 1 aromatic rings. The topological polar surface area (TPSA) is 90.0 Å². The van der Waals surface area contributed by atoms with Gasteiger partial charge in [0.1, 0.15) is 6.10 Å². The van der Waals surface area contributed by atoms with E-state index in [4.69, 9.17) is 20.4 Å². The normalized spacial score (nSPS) is 18.0. The van der Waals surface area contributed by atoms with Crippen LogP contribution in [-0.4, -0.2) is 35.3 Å². The summed E-state index contributed by atoms with van der Waals surface area (Å²) in [6.45, 7) is 1.38. The molecule has 0 saturated carbocycles. The predicted molar refractivity (Wildman–Crippen MR) is 61.2 cm³/mol. The van der Waals surface area contributed by atoms with Gasteiger partial charge in [-0.3, -0.25) is 0 Å². The molecule has 0 radical (unpaired) electrons. The molecule has 0 aliphatic carbocycles. The van der Waals surface area contributed by atoms with Crippen LogP contribution in [0.4, 0.5) is 0 Å². The van der Waals surface area contributed by atoms with Crippen molar-refractivity contribution in [1.82, 2.24) is 4.98 Å². The fraction of sp³-hybridized carbons (Fsp3) is 0.455. The summed E-state index contributed by atoms with van der Waals surface area (Å²) >= 11 is 0. The highest BCUT2D eigenvalue weighted by molar-refractivity contribution is 5.98. The molecule has 0 atom stereocenters. The van der Waals surface area contributed by atoms with Gasteiger partial charge in [-0.25, -0.2) is 4.98 Å². The number of pyridine rings is 1. The van der Waals surface area contributed by atoms with Crippen LogP contribution in [-0.2, 0) is 4.74 Å². The first-order valence-corrected chi connectivity index (χ1v) is 5.48. The number of amidine groups is 1. The van der Waals surface area contributed by atoms with Crippen molar-refractivity contribution in [2.24, 2.45) is 10.9 Å². The van der Waals surface area contributed by atoms with E-state index < -0.39 is 0 Å². The summed E-state index contributed by atoms with van der Waals surface area (Å²) in [6, 6.07) is 3.42. The molecule has 1 aliphatic rings. The third-order valence-electron chi connectivity index (χ3n) is 2.60. The zero-order chi connectivity index (χ0) is 12.1. The van der Waals surface area contributed by atoms with Crippen LogP contribution in [0.5, 0.6) is 5.88 Å². The summed E-state index contributed by atoms with van der Waals surface area (Å²) in [5.74, 6) is 0.398. The van der Waals surface area contributed by atoms with Crippen LogP contribution < -0.4 is 10.5 Å². The SMILES string of the molecule is NC(=NO)c1cccnc1OC1CCOCC1. The molecule has 0 bridgehead atoms. The van der Waals surface area contributed by atoms with Crippen LogP contribution in [0.15, 0.2) is 23.5 Å². The van der Waals surface area contributed by atoms with Gasteiger partial charge in [-0.2, -0.15) is 0 Å². The van der Waals surface area contributed by atoms with Crippen LogP contribution in [0.3, 0.4) is 0 Å². The third kappa shape index (κ3) is 2.85. The van der Waals surface area contributed by atoms with E-state index in [1.165, 1.54) is 0 Å². The maximum absolute atomic E-state index is 8.68. The first-order valence-electron chi connectivity index (χ1n) is 5.48. The van der Waals surface area contributed by atoms with E-state index in [1.807, 2.05) is 0 Å². The van der Waals surface area contributed by atoms with Crippen molar-refractivity contribution in [3.05, 3.63) is 23.9 Å². The molecular formula is C11H15N3O3. The summed E-state index contributed by atoms with van der Waals surface area (Å²) in [4.78, 5) is 4.11. The standard InChI is InChI=1S/C11H15N3O3/c12-10(14-15)9-2-1-5-13-11(9)17-8-3-6-16-7-4-8/h1-2,5,8,15H,3-4,6-7H2,(H2,12,14). The Morgan fingerprint density at radius 3 is 3.00 bits per heavy atom.